The van der Waals surface area contributed by atoms with Gasteiger partial charge in [-0.1, -0.05) is 45.1 Å². The van der Waals surface area contributed by atoms with Gasteiger partial charge in [-0.15, -0.1) is 0 Å². The Hall–Kier alpha value is -1.16. The van der Waals surface area contributed by atoms with Crippen LogP contribution in [0.3, 0.4) is 0 Å². The molecule has 1 rings (SSSR count). The van der Waals surface area contributed by atoms with Crippen molar-refractivity contribution in [2.45, 2.75) is 51.9 Å². The lowest BCUT2D eigenvalue weighted by atomic mass is 10.1. The van der Waals surface area contributed by atoms with Crippen LogP contribution in [0.25, 0.3) is 0 Å². The summed E-state index contributed by atoms with van der Waals surface area (Å²) in [6, 6.07) is 9.18. The van der Waals surface area contributed by atoms with E-state index in [0.717, 1.165) is 18.4 Å². The first-order valence-electron chi connectivity index (χ1n) is 5.94. The van der Waals surface area contributed by atoms with E-state index in [1.807, 2.05) is 12.1 Å². The molecule has 1 aromatic carbocycles. The van der Waals surface area contributed by atoms with Gasteiger partial charge >= 0.3 is 0 Å². The molecule has 0 aromatic heterocycles. The third-order valence-electron chi connectivity index (χ3n) is 2.66. The van der Waals surface area contributed by atoms with E-state index >= 15 is 0 Å². The van der Waals surface area contributed by atoms with Crippen molar-refractivity contribution in [3.8, 4) is 5.75 Å². The summed E-state index contributed by atoms with van der Waals surface area (Å²) in [5, 5.41) is 9.46. The van der Waals surface area contributed by atoms with Gasteiger partial charge in [0.15, 0.2) is 5.75 Å². The first kappa shape index (κ1) is 11.9. The van der Waals surface area contributed by atoms with Crippen LogP contribution in [-0.4, -0.2) is 5.11 Å². The molecule has 0 radical (unpaired) electrons. The number of rotatable bonds is 7. The summed E-state index contributed by atoms with van der Waals surface area (Å²) in [6.07, 6.45) is 8.69. The molecule has 0 fully saturated rings. The van der Waals surface area contributed by atoms with Crippen molar-refractivity contribution in [3.63, 3.8) is 0 Å². The summed E-state index contributed by atoms with van der Waals surface area (Å²) in [5.41, 5.74) is 1.00. The maximum atomic E-state index is 9.46. The van der Waals surface area contributed by atoms with Gasteiger partial charge in [-0.3, -0.25) is 0 Å². The fourth-order valence-electron chi connectivity index (χ4n) is 1.71. The minimum absolute atomic E-state index is 0.269. The molecule has 0 aliphatic heterocycles. The summed E-state index contributed by atoms with van der Waals surface area (Å²) in [5.74, 6) is 0.269. The minimum Gasteiger partial charge on any atom is -0.500 e. The fraction of sp³-hybridized carbons (Fsp3) is 0.571. The molecule has 1 heteroatoms. The van der Waals surface area contributed by atoms with Crippen molar-refractivity contribution in [1.29, 1.82) is 0 Å². The van der Waals surface area contributed by atoms with Crippen LogP contribution in [0.5, 0.6) is 5.75 Å². The lowest BCUT2D eigenvalue weighted by molar-refractivity contribution is 0.466. The maximum absolute atomic E-state index is 9.46. The fourth-order valence-corrected chi connectivity index (χ4v) is 1.71. The molecule has 82 valence electrons. The summed E-state index contributed by atoms with van der Waals surface area (Å²) < 4.78 is 0. The first-order chi connectivity index (χ1) is 7.34. The quantitative estimate of drug-likeness (QED) is 0.668. The molecule has 0 bridgehead atoms. The Balaban J connectivity index is 2.12. The Morgan fingerprint density at radius 2 is 1.87 bits per heavy atom. The normalized spacial score (nSPS) is 9.93. The SMILES string of the molecule is CCCCCCCCc1ccc#cc1O. The Morgan fingerprint density at radius 3 is 2.60 bits per heavy atom. The van der Waals surface area contributed by atoms with E-state index in [0.29, 0.717) is 0 Å². The molecule has 0 spiro atoms. The van der Waals surface area contributed by atoms with Gasteiger partial charge in [0.25, 0.3) is 0 Å². The predicted octanol–water partition coefficient (Wildman–Crippen LogP) is 3.90. The van der Waals surface area contributed by atoms with Crippen LogP contribution >= 0.6 is 0 Å². The summed E-state index contributed by atoms with van der Waals surface area (Å²) in [7, 11) is 0. The topological polar surface area (TPSA) is 20.2 Å². The Labute approximate surface area is 93.1 Å². The Kier molecular flexibility index (Phi) is 5.70. The zero-order valence-corrected chi connectivity index (χ0v) is 9.55. The number of hydrogen-bond acceptors (Lipinski definition) is 1. The molecule has 1 N–H and O–H groups in total. The molecule has 0 atom stereocenters. The van der Waals surface area contributed by atoms with Crippen molar-refractivity contribution >= 4 is 0 Å². The zero-order valence-electron chi connectivity index (χ0n) is 9.55. The van der Waals surface area contributed by atoms with Crippen molar-refractivity contribution in [3.05, 3.63) is 29.8 Å². The smallest absolute Gasteiger partial charge is 0.170 e. The molecule has 0 aliphatic carbocycles. The lowest BCUT2D eigenvalue weighted by Gasteiger charge is -2.02. The molecule has 0 heterocycles. The molecule has 15 heavy (non-hydrogen) atoms. The van der Waals surface area contributed by atoms with E-state index in [-0.39, 0.29) is 5.75 Å². The third-order valence-corrected chi connectivity index (χ3v) is 2.66. The molecule has 0 aliphatic rings. The van der Waals surface area contributed by atoms with E-state index in [1.165, 1.54) is 32.1 Å². The van der Waals surface area contributed by atoms with Crippen LogP contribution in [0.15, 0.2) is 12.1 Å². The predicted molar refractivity (Wildman–Crippen MR) is 62.9 cm³/mol. The van der Waals surface area contributed by atoms with Gasteiger partial charge in [0, 0.05) is 5.56 Å². The largest absolute Gasteiger partial charge is 0.500 e. The van der Waals surface area contributed by atoms with Gasteiger partial charge in [0.1, 0.15) is 0 Å². The second kappa shape index (κ2) is 7.17. The standard InChI is InChI=1S/C14H20O/c1-2-3-4-5-6-7-10-13-11-8-9-12-14(13)15/h8,11,15H,2-7,10H2,1H3. The van der Waals surface area contributed by atoms with Crippen LogP contribution in [0, 0.1) is 12.1 Å². The average molecular weight is 204 g/mol. The van der Waals surface area contributed by atoms with Crippen LogP contribution in [0.1, 0.15) is 51.0 Å². The monoisotopic (exact) mass is 204 g/mol. The van der Waals surface area contributed by atoms with Gasteiger partial charge in [-0.25, -0.2) is 0 Å². The van der Waals surface area contributed by atoms with Crippen molar-refractivity contribution in [2.75, 3.05) is 0 Å². The van der Waals surface area contributed by atoms with E-state index in [1.54, 1.807) is 0 Å². The maximum Gasteiger partial charge on any atom is 0.170 e. The van der Waals surface area contributed by atoms with E-state index in [4.69, 9.17) is 0 Å². The highest BCUT2D eigenvalue weighted by Gasteiger charge is 1.98. The highest BCUT2D eigenvalue weighted by molar-refractivity contribution is 5.27. The zero-order chi connectivity index (χ0) is 10.9. The number of aromatic hydroxyl groups is 1. The van der Waals surface area contributed by atoms with Crippen LogP contribution in [0.4, 0.5) is 0 Å². The lowest BCUT2D eigenvalue weighted by Crippen LogP contribution is -1.86. The van der Waals surface area contributed by atoms with Crippen molar-refractivity contribution in [1.82, 2.24) is 0 Å². The van der Waals surface area contributed by atoms with Crippen molar-refractivity contribution in [2.24, 2.45) is 0 Å². The van der Waals surface area contributed by atoms with Crippen molar-refractivity contribution < 1.29 is 5.11 Å². The van der Waals surface area contributed by atoms with E-state index in [9.17, 15) is 5.11 Å². The second-order valence-electron chi connectivity index (χ2n) is 3.99. The molecule has 0 saturated carbocycles. The van der Waals surface area contributed by atoms with Gasteiger partial charge in [0.05, 0.1) is 0 Å². The van der Waals surface area contributed by atoms with Crippen LogP contribution in [-0.2, 0) is 6.42 Å². The molecule has 0 amide bonds. The number of hydrogen-bond donors (Lipinski definition) is 1. The van der Waals surface area contributed by atoms with Gasteiger partial charge in [-0.2, -0.15) is 0 Å². The van der Waals surface area contributed by atoms with Crippen LogP contribution in [0.2, 0.25) is 0 Å². The summed E-state index contributed by atoms with van der Waals surface area (Å²) in [6.45, 7) is 2.23. The first-order valence-corrected chi connectivity index (χ1v) is 5.94. The summed E-state index contributed by atoms with van der Waals surface area (Å²) in [4.78, 5) is 0. The number of unbranched alkanes of at least 4 members (excludes halogenated alkanes) is 5. The molecule has 0 unspecified atom stereocenters. The summed E-state index contributed by atoms with van der Waals surface area (Å²) >= 11 is 0. The van der Waals surface area contributed by atoms with Gasteiger partial charge < -0.3 is 5.11 Å². The minimum atomic E-state index is 0.269. The highest BCUT2D eigenvalue weighted by Crippen LogP contribution is 2.16. The highest BCUT2D eigenvalue weighted by atomic mass is 16.3. The van der Waals surface area contributed by atoms with Gasteiger partial charge in [-0.05, 0) is 31.0 Å². The molecule has 1 aromatic rings. The molecular formula is C14H20O. The molecular weight excluding hydrogens is 184 g/mol. The Bertz CT molecular complexity index is 268. The van der Waals surface area contributed by atoms with Gasteiger partial charge in [0.2, 0.25) is 0 Å². The van der Waals surface area contributed by atoms with E-state index in [2.05, 4.69) is 19.1 Å². The van der Waals surface area contributed by atoms with Crippen LogP contribution < -0.4 is 0 Å². The third kappa shape index (κ3) is 4.74. The average Bonchev–Trinajstić information content (AvgIpc) is 2.25. The molecule has 0 saturated heterocycles. The van der Waals surface area contributed by atoms with E-state index < -0.39 is 0 Å². The molecule has 1 nitrogen and oxygen atoms in total. The Morgan fingerprint density at radius 1 is 1.13 bits per heavy atom. The second-order valence-corrected chi connectivity index (χ2v) is 3.99. The number of aryl methyl sites for hydroxylation is 1.